The maximum Gasteiger partial charge on any atom is 0.161 e. The molecule has 0 bridgehead atoms. The zero-order valence-electron chi connectivity index (χ0n) is 10.6. The third-order valence-corrected chi connectivity index (χ3v) is 3.91. The van der Waals surface area contributed by atoms with Gasteiger partial charge < -0.3 is 10.1 Å². The van der Waals surface area contributed by atoms with E-state index >= 15 is 0 Å². The Bertz CT molecular complexity index is 592. The van der Waals surface area contributed by atoms with E-state index in [0.717, 1.165) is 31.7 Å². The van der Waals surface area contributed by atoms with Gasteiger partial charge in [-0.3, -0.25) is 0 Å². The molecule has 0 saturated carbocycles. The zero-order valence-corrected chi connectivity index (χ0v) is 14.3. The summed E-state index contributed by atoms with van der Waals surface area (Å²) in [6, 6.07) is 5.80. The molecule has 6 heteroatoms. The molecule has 0 unspecified atom stereocenters. The van der Waals surface area contributed by atoms with Gasteiger partial charge in [0.15, 0.2) is 5.82 Å². The monoisotopic (exact) mass is 433 g/mol. The topological polar surface area (TPSA) is 47.0 Å². The first-order valence-electron chi connectivity index (χ1n) is 5.76. The minimum Gasteiger partial charge on any atom is -0.496 e. The van der Waals surface area contributed by atoms with Crippen LogP contribution in [0.1, 0.15) is 6.92 Å². The molecular weight excluding hydrogens is 421 g/mol. The summed E-state index contributed by atoms with van der Waals surface area (Å²) in [5, 5.41) is 3.23. The molecule has 0 aliphatic carbocycles. The van der Waals surface area contributed by atoms with Crippen LogP contribution >= 0.6 is 38.5 Å². The fourth-order valence-corrected chi connectivity index (χ4v) is 2.59. The summed E-state index contributed by atoms with van der Waals surface area (Å²) in [4.78, 5) is 8.91. The van der Waals surface area contributed by atoms with Crippen molar-refractivity contribution in [1.82, 2.24) is 9.97 Å². The second-order valence-electron chi connectivity index (χ2n) is 3.77. The minimum absolute atomic E-state index is 0.694. The largest absolute Gasteiger partial charge is 0.496 e. The summed E-state index contributed by atoms with van der Waals surface area (Å²) in [5.41, 5.74) is 0.947. The predicted molar refractivity (Wildman–Crippen MR) is 88.6 cm³/mol. The van der Waals surface area contributed by atoms with Gasteiger partial charge in [0.1, 0.15) is 11.6 Å². The first kappa shape index (κ1) is 14.5. The Morgan fingerprint density at radius 1 is 1.42 bits per heavy atom. The number of anilines is 1. The Morgan fingerprint density at radius 3 is 2.84 bits per heavy atom. The van der Waals surface area contributed by atoms with Crippen molar-refractivity contribution in [2.24, 2.45) is 0 Å². The first-order chi connectivity index (χ1) is 9.15. The van der Waals surface area contributed by atoms with Crippen molar-refractivity contribution < 1.29 is 4.74 Å². The highest BCUT2D eigenvalue weighted by molar-refractivity contribution is 14.1. The average Bonchev–Trinajstić information content (AvgIpc) is 2.41. The molecule has 100 valence electrons. The third-order valence-electron chi connectivity index (χ3n) is 2.50. The average molecular weight is 434 g/mol. The van der Waals surface area contributed by atoms with Gasteiger partial charge in [0, 0.05) is 18.3 Å². The van der Waals surface area contributed by atoms with Gasteiger partial charge in [-0.15, -0.1) is 0 Å². The lowest BCUT2D eigenvalue weighted by Crippen LogP contribution is -2.03. The van der Waals surface area contributed by atoms with Crippen LogP contribution in [0.25, 0.3) is 11.4 Å². The summed E-state index contributed by atoms with van der Waals surface area (Å²) in [5.74, 6) is 2.35. The summed E-state index contributed by atoms with van der Waals surface area (Å²) in [6.45, 7) is 2.88. The second kappa shape index (κ2) is 6.51. The molecule has 1 aromatic heterocycles. The summed E-state index contributed by atoms with van der Waals surface area (Å²) >= 11 is 5.69. The van der Waals surface area contributed by atoms with Crippen LogP contribution in [0.4, 0.5) is 5.82 Å². The number of methoxy groups -OCH3 is 1. The van der Waals surface area contributed by atoms with Crippen molar-refractivity contribution in [2.75, 3.05) is 19.0 Å². The van der Waals surface area contributed by atoms with Crippen molar-refractivity contribution in [1.29, 1.82) is 0 Å². The van der Waals surface area contributed by atoms with Crippen molar-refractivity contribution in [3.63, 3.8) is 0 Å². The van der Waals surface area contributed by atoms with Crippen LogP contribution in [-0.2, 0) is 0 Å². The van der Waals surface area contributed by atoms with Crippen LogP contribution in [0, 0.1) is 3.57 Å². The Morgan fingerprint density at radius 2 is 2.21 bits per heavy atom. The van der Waals surface area contributed by atoms with E-state index in [1.54, 1.807) is 7.11 Å². The Hall–Kier alpha value is -0.890. The molecule has 0 spiro atoms. The van der Waals surface area contributed by atoms with Gasteiger partial charge in [-0.05, 0) is 63.6 Å². The molecule has 2 rings (SSSR count). The second-order valence-corrected chi connectivity index (χ2v) is 5.79. The van der Waals surface area contributed by atoms with Gasteiger partial charge in [0.05, 0.1) is 15.2 Å². The highest BCUT2D eigenvalue weighted by atomic mass is 127. The molecule has 0 fully saturated rings. The molecule has 1 heterocycles. The van der Waals surface area contributed by atoms with E-state index in [-0.39, 0.29) is 0 Å². The number of nitrogens with zero attached hydrogens (tertiary/aromatic N) is 2. The van der Waals surface area contributed by atoms with Crippen LogP contribution in [0.2, 0.25) is 0 Å². The number of hydrogen-bond donors (Lipinski definition) is 1. The summed E-state index contributed by atoms with van der Waals surface area (Å²) in [7, 11) is 1.64. The Balaban J connectivity index is 2.41. The highest BCUT2D eigenvalue weighted by Gasteiger charge is 2.08. The van der Waals surface area contributed by atoms with E-state index in [2.05, 4.69) is 53.8 Å². The van der Waals surface area contributed by atoms with Crippen molar-refractivity contribution >= 4 is 44.3 Å². The van der Waals surface area contributed by atoms with E-state index in [4.69, 9.17) is 4.74 Å². The molecule has 19 heavy (non-hydrogen) atoms. The standard InChI is InChI=1S/C13H13BrIN3O/c1-3-16-13-10(15)7-17-12(18-13)8-4-5-11(19-2)9(14)6-8/h4-7H,3H2,1-2H3,(H,16,17,18). The predicted octanol–water partition coefficient (Wildman–Crippen LogP) is 3.95. The van der Waals surface area contributed by atoms with E-state index in [0.29, 0.717) is 5.82 Å². The van der Waals surface area contributed by atoms with E-state index < -0.39 is 0 Å². The lowest BCUT2D eigenvalue weighted by molar-refractivity contribution is 0.412. The van der Waals surface area contributed by atoms with Crippen LogP contribution < -0.4 is 10.1 Å². The first-order valence-corrected chi connectivity index (χ1v) is 7.63. The van der Waals surface area contributed by atoms with Crippen molar-refractivity contribution in [2.45, 2.75) is 6.92 Å². The molecule has 0 aliphatic rings. The molecule has 2 aromatic rings. The minimum atomic E-state index is 0.694. The van der Waals surface area contributed by atoms with Gasteiger partial charge in [-0.2, -0.15) is 0 Å². The van der Waals surface area contributed by atoms with Crippen LogP contribution in [0.3, 0.4) is 0 Å². The number of rotatable bonds is 4. The number of hydrogen-bond acceptors (Lipinski definition) is 4. The fraction of sp³-hybridized carbons (Fsp3) is 0.231. The molecule has 1 aromatic carbocycles. The molecule has 4 nitrogen and oxygen atoms in total. The zero-order chi connectivity index (χ0) is 13.8. The normalized spacial score (nSPS) is 10.3. The van der Waals surface area contributed by atoms with Gasteiger partial charge in [0.2, 0.25) is 0 Å². The maximum absolute atomic E-state index is 5.22. The van der Waals surface area contributed by atoms with Gasteiger partial charge in [-0.1, -0.05) is 0 Å². The molecule has 1 N–H and O–H groups in total. The molecule has 0 saturated heterocycles. The molecule has 0 amide bonds. The number of nitrogens with one attached hydrogen (secondary N) is 1. The lowest BCUT2D eigenvalue weighted by Gasteiger charge is -2.08. The Kier molecular flexibility index (Phi) is 4.98. The molecule has 0 atom stereocenters. The van der Waals surface area contributed by atoms with Crippen LogP contribution in [0.15, 0.2) is 28.9 Å². The summed E-state index contributed by atoms with van der Waals surface area (Å²) in [6.07, 6.45) is 1.82. The highest BCUT2D eigenvalue weighted by Crippen LogP contribution is 2.29. The lowest BCUT2D eigenvalue weighted by atomic mass is 10.2. The maximum atomic E-state index is 5.22. The van der Waals surface area contributed by atoms with Gasteiger partial charge in [0.25, 0.3) is 0 Å². The smallest absolute Gasteiger partial charge is 0.161 e. The van der Waals surface area contributed by atoms with Crippen LogP contribution in [-0.4, -0.2) is 23.6 Å². The summed E-state index contributed by atoms with van der Waals surface area (Å²) < 4.78 is 7.11. The third kappa shape index (κ3) is 3.36. The van der Waals surface area contributed by atoms with E-state index in [9.17, 15) is 0 Å². The number of aromatic nitrogens is 2. The van der Waals surface area contributed by atoms with Crippen LogP contribution in [0.5, 0.6) is 5.75 Å². The molecule has 0 aliphatic heterocycles. The van der Waals surface area contributed by atoms with Crippen molar-refractivity contribution in [3.8, 4) is 17.1 Å². The number of benzene rings is 1. The molecule has 0 radical (unpaired) electrons. The SMILES string of the molecule is CCNc1nc(-c2ccc(OC)c(Br)c2)ncc1I. The van der Waals surface area contributed by atoms with E-state index in [1.165, 1.54) is 0 Å². The Labute approximate surface area is 134 Å². The van der Waals surface area contributed by atoms with Gasteiger partial charge in [-0.25, -0.2) is 9.97 Å². The number of halogens is 2. The van der Waals surface area contributed by atoms with Gasteiger partial charge >= 0.3 is 0 Å². The van der Waals surface area contributed by atoms with E-state index in [1.807, 2.05) is 31.3 Å². The van der Waals surface area contributed by atoms with Crippen molar-refractivity contribution in [3.05, 3.63) is 32.4 Å². The quantitative estimate of drug-likeness (QED) is 0.741. The fourth-order valence-electron chi connectivity index (χ4n) is 1.60. The molecular formula is C13H13BrIN3O. The number of ether oxygens (including phenoxy) is 1.